The first-order chi connectivity index (χ1) is 9.67. The second-order valence-electron chi connectivity index (χ2n) is 4.45. The lowest BCUT2D eigenvalue weighted by Crippen LogP contribution is -1.97. The Morgan fingerprint density at radius 2 is 2.05 bits per heavy atom. The second kappa shape index (κ2) is 5.13. The van der Waals surface area contributed by atoms with E-state index >= 15 is 0 Å². The fourth-order valence-corrected chi connectivity index (χ4v) is 2.83. The molecule has 0 bridgehead atoms. The predicted octanol–water partition coefficient (Wildman–Crippen LogP) is 3.19. The van der Waals surface area contributed by atoms with Crippen LogP contribution < -0.4 is 4.74 Å². The second-order valence-corrected chi connectivity index (χ2v) is 5.66. The molecule has 0 saturated heterocycles. The molecule has 102 valence electrons. The predicted molar refractivity (Wildman–Crippen MR) is 80.1 cm³/mol. The molecule has 0 aliphatic carbocycles. The van der Waals surface area contributed by atoms with E-state index in [4.69, 9.17) is 4.74 Å². The summed E-state index contributed by atoms with van der Waals surface area (Å²) in [4.78, 5) is 1.15. The van der Waals surface area contributed by atoms with Crippen LogP contribution in [0.2, 0.25) is 0 Å². The van der Waals surface area contributed by atoms with Crippen molar-refractivity contribution in [2.45, 2.75) is 19.0 Å². The van der Waals surface area contributed by atoms with Crippen molar-refractivity contribution in [3.05, 3.63) is 35.2 Å². The summed E-state index contributed by atoms with van der Waals surface area (Å²) in [7, 11) is 1.65. The quantitative estimate of drug-likeness (QED) is 0.850. The minimum absolute atomic E-state index is 0.717. The smallest absolute Gasteiger partial charge is 0.216 e. The van der Waals surface area contributed by atoms with Gasteiger partial charge in [-0.3, -0.25) is 0 Å². The van der Waals surface area contributed by atoms with Crippen molar-refractivity contribution in [2.24, 2.45) is 5.10 Å². The molecule has 1 aliphatic heterocycles. The van der Waals surface area contributed by atoms with Gasteiger partial charge in [0.1, 0.15) is 5.75 Å². The van der Waals surface area contributed by atoms with E-state index < -0.39 is 0 Å². The molecule has 1 aromatic heterocycles. The number of methoxy groups -OCH3 is 1. The lowest BCUT2D eigenvalue weighted by molar-refractivity contribution is 0.415. The number of hydrogen-bond acceptors (Lipinski definition) is 5. The Hall–Kier alpha value is -2.08. The molecular formula is C14H14N4OS. The molecule has 1 aromatic carbocycles. The van der Waals surface area contributed by atoms with Crippen molar-refractivity contribution in [2.75, 3.05) is 7.11 Å². The number of ether oxygens (including phenoxy) is 1. The first-order valence-corrected chi connectivity index (χ1v) is 7.00. The highest BCUT2D eigenvalue weighted by Gasteiger charge is 2.17. The maximum Gasteiger partial charge on any atom is 0.216 e. The Kier molecular flexibility index (Phi) is 3.31. The van der Waals surface area contributed by atoms with Gasteiger partial charge in [0.05, 0.1) is 12.8 Å². The van der Waals surface area contributed by atoms with Gasteiger partial charge in [-0.05, 0) is 37.0 Å². The summed E-state index contributed by atoms with van der Waals surface area (Å²) in [5.41, 5.74) is 1.86. The molecule has 0 unspecified atom stereocenters. The first kappa shape index (κ1) is 12.9. The molecule has 0 N–H and O–H groups in total. The summed E-state index contributed by atoms with van der Waals surface area (Å²) in [6.07, 6.45) is 2.04. The van der Waals surface area contributed by atoms with Crippen LogP contribution in [0.15, 0.2) is 45.5 Å². The van der Waals surface area contributed by atoms with Gasteiger partial charge in [-0.2, -0.15) is 9.78 Å². The Morgan fingerprint density at radius 1 is 1.20 bits per heavy atom. The maximum absolute atomic E-state index is 5.25. The van der Waals surface area contributed by atoms with Crippen LogP contribution in [-0.4, -0.2) is 27.7 Å². The lowest BCUT2D eigenvalue weighted by Gasteiger charge is -2.05. The number of allylic oxidation sites excluding steroid dienone is 2. The lowest BCUT2D eigenvalue weighted by atomic mass is 10.2. The molecule has 0 fully saturated rings. The molecule has 0 amide bonds. The molecule has 20 heavy (non-hydrogen) atoms. The van der Waals surface area contributed by atoms with E-state index in [-0.39, 0.29) is 0 Å². The fraction of sp³-hybridized carbons (Fsp3) is 0.214. The van der Waals surface area contributed by atoms with Crippen molar-refractivity contribution >= 4 is 17.5 Å². The van der Waals surface area contributed by atoms with E-state index in [0.29, 0.717) is 5.82 Å². The molecule has 0 atom stereocenters. The van der Waals surface area contributed by atoms with Gasteiger partial charge in [-0.25, -0.2) is 0 Å². The third kappa shape index (κ3) is 2.34. The van der Waals surface area contributed by atoms with E-state index in [1.165, 1.54) is 0 Å². The highest BCUT2D eigenvalue weighted by atomic mass is 32.2. The topological polar surface area (TPSA) is 52.3 Å². The van der Waals surface area contributed by atoms with Gasteiger partial charge in [0.15, 0.2) is 5.82 Å². The van der Waals surface area contributed by atoms with Crippen LogP contribution in [0.25, 0.3) is 11.4 Å². The van der Waals surface area contributed by atoms with Crippen LogP contribution in [0.3, 0.4) is 0 Å². The molecule has 2 heterocycles. The number of thioether (sulfide) groups is 1. The van der Waals surface area contributed by atoms with E-state index in [9.17, 15) is 0 Å². The summed E-state index contributed by atoms with van der Waals surface area (Å²) in [5, 5.41) is 13.8. The number of benzene rings is 1. The van der Waals surface area contributed by atoms with Crippen molar-refractivity contribution in [1.82, 2.24) is 14.9 Å². The zero-order chi connectivity index (χ0) is 14.1. The Morgan fingerprint density at radius 3 is 2.85 bits per heavy atom. The molecule has 5 nitrogen and oxygen atoms in total. The largest absolute Gasteiger partial charge is 0.497 e. The number of fused-ring (bicyclic) bond motifs is 1. The van der Waals surface area contributed by atoms with Gasteiger partial charge in [0.25, 0.3) is 0 Å². The normalized spacial score (nSPS) is 14.2. The highest BCUT2D eigenvalue weighted by Crippen LogP contribution is 2.31. The molecule has 2 aromatic rings. The van der Waals surface area contributed by atoms with Gasteiger partial charge in [0, 0.05) is 5.56 Å². The number of hydrogen-bond donors (Lipinski definition) is 0. The number of rotatable bonds is 2. The number of aromatic nitrogens is 3. The minimum atomic E-state index is 0.717. The molecule has 3 rings (SSSR count). The van der Waals surface area contributed by atoms with E-state index in [1.807, 2.05) is 44.2 Å². The van der Waals surface area contributed by atoms with E-state index in [0.717, 1.165) is 27.1 Å². The Labute approximate surface area is 121 Å². The maximum atomic E-state index is 5.25. The molecule has 6 heteroatoms. The Balaban J connectivity index is 2.12. The van der Waals surface area contributed by atoms with Gasteiger partial charge in [0.2, 0.25) is 5.16 Å². The zero-order valence-corrected chi connectivity index (χ0v) is 12.3. The SMILES string of the molecule is COc1cccc(-c2nnc3n2N=C(C)C=C(C)S3)c1. The van der Waals surface area contributed by atoms with Gasteiger partial charge in [-0.1, -0.05) is 23.9 Å². The molecule has 0 saturated carbocycles. The van der Waals surface area contributed by atoms with Gasteiger partial charge in [-0.15, -0.1) is 10.2 Å². The van der Waals surface area contributed by atoms with Crippen LogP contribution in [0.4, 0.5) is 0 Å². The molecule has 0 radical (unpaired) electrons. The van der Waals surface area contributed by atoms with Crippen LogP contribution in [-0.2, 0) is 0 Å². The highest BCUT2D eigenvalue weighted by molar-refractivity contribution is 8.02. The first-order valence-electron chi connectivity index (χ1n) is 6.19. The number of nitrogens with zero attached hydrogens (tertiary/aromatic N) is 4. The van der Waals surface area contributed by atoms with Crippen molar-refractivity contribution in [3.63, 3.8) is 0 Å². The summed E-state index contributed by atoms with van der Waals surface area (Å²) in [6, 6.07) is 7.73. The minimum Gasteiger partial charge on any atom is -0.497 e. The summed E-state index contributed by atoms with van der Waals surface area (Å²) >= 11 is 1.57. The third-order valence-corrected chi connectivity index (χ3v) is 3.74. The van der Waals surface area contributed by atoms with Crippen LogP contribution in [0, 0.1) is 0 Å². The monoisotopic (exact) mass is 286 g/mol. The average Bonchev–Trinajstić information content (AvgIpc) is 2.74. The molecule has 0 spiro atoms. The zero-order valence-electron chi connectivity index (χ0n) is 11.5. The fourth-order valence-electron chi connectivity index (χ4n) is 2.02. The van der Waals surface area contributed by atoms with E-state index in [1.54, 1.807) is 23.5 Å². The molecular weight excluding hydrogens is 272 g/mol. The summed E-state index contributed by atoms with van der Waals surface area (Å²) in [5.74, 6) is 1.50. The Bertz CT molecular complexity index is 718. The van der Waals surface area contributed by atoms with Crippen molar-refractivity contribution in [1.29, 1.82) is 0 Å². The van der Waals surface area contributed by atoms with Crippen LogP contribution in [0.1, 0.15) is 13.8 Å². The standard InChI is InChI=1S/C14H14N4OS/c1-9-7-10(2)20-14-16-15-13(18(14)17-9)11-5-4-6-12(8-11)19-3/h4-8H,1-3H3. The third-order valence-electron chi connectivity index (χ3n) is 2.86. The van der Waals surface area contributed by atoms with Crippen LogP contribution >= 0.6 is 11.8 Å². The summed E-state index contributed by atoms with van der Waals surface area (Å²) < 4.78 is 7.03. The van der Waals surface area contributed by atoms with Gasteiger partial charge >= 0.3 is 0 Å². The van der Waals surface area contributed by atoms with E-state index in [2.05, 4.69) is 15.3 Å². The van der Waals surface area contributed by atoms with Crippen molar-refractivity contribution < 1.29 is 4.74 Å². The average molecular weight is 286 g/mol. The van der Waals surface area contributed by atoms with Crippen LogP contribution in [0.5, 0.6) is 5.75 Å². The molecule has 1 aliphatic rings. The van der Waals surface area contributed by atoms with Crippen molar-refractivity contribution in [3.8, 4) is 17.1 Å². The van der Waals surface area contributed by atoms with Gasteiger partial charge < -0.3 is 4.74 Å². The summed E-state index contributed by atoms with van der Waals surface area (Å²) in [6.45, 7) is 4.01.